The van der Waals surface area contributed by atoms with Crippen LogP contribution in [0, 0.1) is 40.4 Å². The zero-order valence-corrected chi connectivity index (χ0v) is 18.8. The number of ether oxygens (including phenoxy) is 1. The van der Waals surface area contributed by atoms with Crippen LogP contribution in [0.2, 0.25) is 0 Å². The first kappa shape index (κ1) is 20.8. The third-order valence-electron chi connectivity index (χ3n) is 10.3. The van der Waals surface area contributed by atoms with Crippen LogP contribution >= 0.6 is 0 Å². The fraction of sp³-hybridized carbons (Fsp3) is 0.885. The van der Waals surface area contributed by atoms with Gasteiger partial charge in [-0.2, -0.15) is 0 Å². The second-order valence-electron chi connectivity index (χ2n) is 11.7. The fourth-order valence-electron chi connectivity index (χ4n) is 8.74. The maximum Gasteiger partial charge on any atom is 0.162 e. The van der Waals surface area contributed by atoms with Gasteiger partial charge in [0.05, 0.1) is 6.10 Å². The van der Waals surface area contributed by atoms with Crippen LogP contribution in [0.15, 0.2) is 0 Å². The molecule has 0 amide bonds. The van der Waals surface area contributed by atoms with Crippen molar-refractivity contribution in [3.05, 3.63) is 0 Å². The Labute approximate surface area is 180 Å². The van der Waals surface area contributed by atoms with Crippen molar-refractivity contribution in [2.24, 2.45) is 40.4 Å². The lowest BCUT2D eigenvalue weighted by atomic mass is 9.44. The van der Waals surface area contributed by atoms with E-state index in [1.54, 1.807) is 0 Å². The van der Waals surface area contributed by atoms with Crippen molar-refractivity contribution in [2.75, 3.05) is 6.61 Å². The van der Waals surface area contributed by atoms with Gasteiger partial charge < -0.3 is 4.74 Å². The van der Waals surface area contributed by atoms with Crippen molar-refractivity contribution in [1.29, 1.82) is 0 Å². The molecule has 0 spiro atoms. The summed E-state index contributed by atoms with van der Waals surface area (Å²) in [6, 6.07) is 0. The topological polar surface area (TPSA) is 60.4 Å². The second kappa shape index (κ2) is 7.53. The van der Waals surface area contributed by atoms with Crippen LogP contribution in [0.3, 0.4) is 0 Å². The van der Waals surface area contributed by atoms with Crippen molar-refractivity contribution in [2.45, 2.75) is 97.0 Å². The zero-order chi connectivity index (χ0) is 21.1. The van der Waals surface area contributed by atoms with E-state index in [0.29, 0.717) is 48.6 Å². The van der Waals surface area contributed by atoms with E-state index >= 15 is 0 Å². The Hall–Kier alpha value is -1.03. The van der Waals surface area contributed by atoms with E-state index in [1.807, 2.05) is 0 Å². The number of Topliss-reactive ketones (excluding diaryl/α,β-unsaturated/α-hetero) is 3. The number of hydrogen-bond donors (Lipinski definition) is 0. The highest BCUT2D eigenvalue weighted by atomic mass is 16.5. The predicted octanol–water partition coefficient (Wildman–Crippen LogP) is 4.92. The molecule has 0 aliphatic heterocycles. The lowest BCUT2D eigenvalue weighted by Crippen LogP contribution is -2.57. The normalized spacial score (nSPS) is 46.4. The molecular weight excluding hydrogens is 376 g/mol. The Morgan fingerprint density at radius 3 is 2.53 bits per heavy atom. The smallest absolute Gasteiger partial charge is 0.162 e. The average molecular weight is 415 g/mol. The minimum absolute atomic E-state index is 0.0110. The van der Waals surface area contributed by atoms with Crippen molar-refractivity contribution in [1.82, 2.24) is 0 Å². The molecule has 5 rings (SSSR count). The molecule has 0 N–H and O–H groups in total. The molecule has 0 radical (unpaired) electrons. The summed E-state index contributed by atoms with van der Waals surface area (Å²) in [5.41, 5.74) is -0.203. The maximum absolute atomic E-state index is 13.6. The van der Waals surface area contributed by atoms with Gasteiger partial charge in [0.2, 0.25) is 0 Å². The zero-order valence-electron chi connectivity index (χ0n) is 18.8. The van der Waals surface area contributed by atoms with Gasteiger partial charge in [0.15, 0.2) is 5.78 Å². The van der Waals surface area contributed by atoms with Crippen LogP contribution in [0.4, 0.5) is 0 Å². The molecule has 5 fully saturated rings. The van der Waals surface area contributed by atoms with Gasteiger partial charge in [0.25, 0.3) is 0 Å². The highest BCUT2D eigenvalue weighted by Gasteiger charge is 2.64. The summed E-state index contributed by atoms with van der Waals surface area (Å²) in [7, 11) is 0. The minimum Gasteiger partial charge on any atom is -0.370 e. The lowest BCUT2D eigenvalue weighted by Gasteiger charge is -2.59. The molecule has 0 aromatic rings. The number of fused-ring (bicyclic) bond motifs is 5. The standard InChI is InChI=1S/C26H38O4/c1-25-12-11-17(27)13-16(25)7-8-19-20-9-10-21(26(20,2)14-22(28)24(19)25)23(29)15-30-18-5-3-4-6-18/h16,18-21,24H,3-15H2,1-2H3/t16-,19-,20-,21+,24+,25-,26-/m0/s1. The minimum atomic E-state index is -0.192. The first-order valence-corrected chi connectivity index (χ1v) is 12.5. The van der Waals surface area contributed by atoms with Crippen LogP contribution in [0.5, 0.6) is 0 Å². The molecule has 5 aliphatic rings. The number of carbonyl (C=O) groups excluding carboxylic acids is 3. The highest BCUT2D eigenvalue weighted by Crippen LogP contribution is 2.66. The van der Waals surface area contributed by atoms with Crippen LogP contribution in [-0.2, 0) is 19.1 Å². The fourth-order valence-corrected chi connectivity index (χ4v) is 8.74. The SMILES string of the molecule is C[C@]12CCC(=O)C[C@@H]1CC[C@H]1[C@@H]3CC[C@H](C(=O)COC4CCCC4)[C@@]3(C)CC(=O)[C@@H]12. The van der Waals surface area contributed by atoms with Crippen molar-refractivity contribution in [3.63, 3.8) is 0 Å². The van der Waals surface area contributed by atoms with E-state index in [1.165, 1.54) is 12.8 Å². The van der Waals surface area contributed by atoms with Gasteiger partial charge in [0, 0.05) is 31.1 Å². The Morgan fingerprint density at radius 2 is 1.77 bits per heavy atom. The van der Waals surface area contributed by atoms with Gasteiger partial charge >= 0.3 is 0 Å². The Morgan fingerprint density at radius 1 is 1.00 bits per heavy atom. The molecule has 0 aromatic heterocycles. The Kier molecular flexibility index (Phi) is 5.24. The van der Waals surface area contributed by atoms with Crippen molar-refractivity contribution in [3.8, 4) is 0 Å². The molecule has 5 saturated carbocycles. The largest absolute Gasteiger partial charge is 0.370 e. The first-order valence-electron chi connectivity index (χ1n) is 12.5. The lowest BCUT2D eigenvalue weighted by molar-refractivity contribution is -0.162. The Balaban J connectivity index is 1.34. The van der Waals surface area contributed by atoms with E-state index < -0.39 is 0 Å². The quantitative estimate of drug-likeness (QED) is 0.655. The highest BCUT2D eigenvalue weighted by molar-refractivity contribution is 5.88. The summed E-state index contributed by atoms with van der Waals surface area (Å²) in [4.78, 5) is 38.9. The van der Waals surface area contributed by atoms with E-state index in [-0.39, 0.29) is 41.2 Å². The summed E-state index contributed by atoms with van der Waals surface area (Å²) in [5.74, 6) is 2.34. The Bertz CT molecular complexity index is 737. The summed E-state index contributed by atoms with van der Waals surface area (Å²) in [6.07, 6.45) is 11.7. The molecule has 0 unspecified atom stereocenters. The second-order valence-corrected chi connectivity index (χ2v) is 11.7. The summed E-state index contributed by atoms with van der Waals surface area (Å²) < 4.78 is 5.97. The average Bonchev–Trinajstić information content (AvgIpc) is 3.33. The predicted molar refractivity (Wildman–Crippen MR) is 114 cm³/mol. The van der Waals surface area contributed by atoms with Crippen LogP contribution < -0.4 is 0 Å². The molecule has 166 valence electrons. The third-order valence-corrected chi connectivity index (χ3v) is 10.3. The summed E-state index contributed by atoms with van der Waals surface area (Å²) in [6.45, 7) is 4.77. The molecule has 30 heavy (non-hydrogen) atoms. The number of rotatable bonds is 4. The van der Waals surface area contributed by atoms with Gasteiger partial charge in [-0.25, -0.2) is 0 Å². The van der Waals surface area contributed by atoms with Crippen LogP contribution in [-0.4, -0.2) is 30.1 Å². The van der Waals surface area contributed by atoms with Crippen molar-refractivity contribution < 1.29 is 19.1 Å². The van der Waals surface area contributed by atoms with E-state index in [4.69, 9.17) is 4.74 Å². The molecule has 0 bridgehead atoms. The summed E-state index contributed by atoms with van der Waals surface area (Å²) in [5, 5.41) is 0. The molecule has 4 heteroatoms. The van der Waals surface area contributed by atoms with E-state index in [9.17, 15) is 14.4 Å². The van der Waals surface area contributed by atoms with Crippen molar-refractivity contribution >= 4 is 17.3 Å². The van der Waals surface area contributed by atoms with Crippen LogP contribution in [0.25, 0.3) is 0 Å². The molecule has 0 aromatic carbocycles. The van der Waals surface area contributed by atoms with E-state index in [0.717, 1.165) is 44.9 Å². The molecular formula is C26H38O4. The summed E-state index contributed by atoms with van der Waals surface area (Å²) >= 11 is 0. The third kappa shape index (κ3) is 3.15. The number of carbonyl (C=O) groups is 3. The van der Waals surface area contributed by atoms with Gasteiger partial charge in [-0.3, -0.25) is 14.4 Å². The molecule has 5 aliphatic carbocycles. The molecule has 7 atom stereocenters. The molecule has 0 saturated heterocycles. The number of ketones is 3. The van der Waals surface area contributed by atoms with Crippen LogP contribution in [0.1, 0.15) is 90.9 Å². The molecule has 0 heterocycles. The van der Waals surface area contributed by atoms with Gasteiger partial charge in [-0.15, -0.1) is 0 Å². The van der Waals surface area contributed by atoms with Gasteiger partial charge in [0.1, 0.15) is 18.2 Å². The van der Waals surface area contributed by atoms with Gasteiger partial charge in [-0.05, 0) is 73.5 Å². The number of hydrogen-bond acceptors (Lipinski definition) is 4. The molecule has 4 nitrogen and oxygen atoms in total. The first-order chi connectivity index (χ1) is 14.3. The van der Waals surface area contributed by atoms with E-state index in [2.05, 4.69) is 13.8 Å². The monoisotopic (exact) mass is 414 g/mol. The van der Waals surface area contributed by atoms with Gasteiger partial charge in [-0.1, -0.05) is 26.7 Å². The maximum atomic E-state index is 13.6.